The second-order valence-electron chi connectivity index (χ2n) is 25.8. The highest BCUT2D eigenvalue weighted by Gasteiger charge is 2.31. The largest absolute Gasteiger partial charge is 0.498 e. The number of carbonyl (C=O) groups excluding carboxylic acids is 2. The zero-order valence-corrected chi connectivity index (χ0v) is 66.8. The maximum absolute atomic E-state index is 12.6. The van der Waals surface area contributed by atoms with Gasteiger partial charge in [-0.1, -0.05) is 315 Å². The van der Waals surface area contributed by atoms with E-state index < -0.39 is 33.7 Å². The van der Waals surface area contributed by atoms with Crippen molar-refractivity contribution in [2.24, 2.45) is 5.73 Å². The van der Waals surface area contributed by atoms with E-state index in [1.54, 1.807) is 12.5 Å². The van der Waals surface area contributed by atoms with Gasteiger partial charge in [0.15, 0.2) is 12.2 Å². The molecule has 17 heteroatoms. The number of rotatable bonds is 71. The minimum Gasteiger partial charge on any atom is -0.498 e. The van der Waals surface area contributed by atoms with Crippen molar-refractivity contribution in [1.82, 2.24) is 5.09 Å². The highest BCUT2D eigenvalue weighted by molar-refractivity contribution is 7.51. The molecule has 1 rings (SSSR count). The van der Waals surface area contributed by atoms with Crippen molar-refractivity contribution >= 4 is 27.5 Å². The topological polar surface area (TPSA) is 200 Å². The number of hydrogen-bond donors (Lipinski definition) is 3. The Morgan fingerprint density at radius 1 is 0.417 bits per heavy atom. The summed E-state index contributed by atoms with van der Waals surface area (Å²) in [4.78, 5) is 34.9. The van der Waals surface area contributed by atoms with Crippen LogP contribution in [0.2, 0.25) is 0 Å². The minimum atomic E-state index is -4.31. The number of nitrogens with two attached hydrogens (primary N) is 1. The number of nitrogens with one attached hydrogen (secondary N) is 1. The van der Waals surface area contributed by atoms with Crippen molar-refractivity contribution in [2.45, 2.75) is 310 Å². The molecule has 1 saturated heterocycles. The summed E-state index contributed by atoms with van der Waals surface area (Å²) < 4.78 is 67.5. The van der Waals surface area contributed by atoms with Crippen LogP contribution in [-0.4, -0.2) is 81.8 Å². The van der Waals surface area contributed by atoms with Crippen LogP contribution in [0.5, 0.6) is 0 Å². The molecule has 0 bridgehead atoms. The number of unbranched alkanes of at least 4 members (excludes halogenated alkanes) is 24. The zero-order chi connectivity index (χ0) is 74.8. The minimum absolute atomic E-state index is 0.00250. The molecule has 0 aliphatic carbocycles. The molecule has 1 aliphatic heterocycles. The van der Waals surface area contributed by atoms with E-state index in [2.05, 4.69) is 160 Å². The Kier molecular flexibility index (Phi) is 75.8. The number of allylic oxidation sites excluding steroid dienone is 26. The fraction of sp³-hybridized carbons (Fsp3) is 0.651. The molecule has 4 atom stereocenters. The summed E-state index contributed by atoms with van der Waals surface area (Å²) in [7, 11) is -7.66. The molecular formula is C86H146N2O13P2. The van der Waals surface area contributed by atoms with Crippen molar-refractivity contribution in [3.63, 3.8) is 0 Å². The standard InChI is InChI=1S/C43H74NO7P.C43H72NO6P/c1-3-5-7-9-11-13-15-17-19-20-21-22-23-24-26-28-30-32-34-36-43(45)51-42(41-50-52(46,47)49-39-37-44)40-48-38-35-33-31-29-27-25-18-16-14-12-10-8-6-4-2;1-3-5-7-9-11-13-15-17-19-20-21-22-23-24-26-28-30-32-34-36-43(45)50-42(41-49-51(46)44-37-39-48-51)40-47-38-35-33-31-29-27-25-18-16-14-12-10-8-6-4-2/h5,7,11,13,17,19,21-22,24,26,30,32,35,38,42H,3-4,6,8-10,12,14-16,18,20,23,25,27-29,31,33-34,36-37,39-41,44H2,1-2H3,(H,46,47);5,7,11,13,17,19,21-22,24,26,30,32,35,38,42H,3-4,6,8-10,12,14-16,18,20,23,25,27-29,31,33-34,36-37,39-41H2,1-2H3,(H,44,46)/b2*7-5-,13-11-,19-17-,22-21-,26-24-,32-30-,38-35-. The molecule has 1 aliphatic rings. The lowest BCUT2D eigenvalue weighted by Gasteiger charge is -2.19. The molecule has 0 amide bonds. The molecule has 0 spiro atoms. The Bertz CT molecular complexity index is 2460. The van der Waals surface area contributed by atoms with Gasteiger partial charge in [-0.15, -0.1) is 0 Å². The van der Waals surface area contributed by atoms with Crippen LogP contribution < -0.4 is 10.8 Å². The predicted octanol–water partition coefficient (Wildman–Crippen LogP) is 24.8. The molecule has 0 radical (unpaired) electrons. The van der Waals surface area contributed by atoms with E-state index in [1.807, 2.05) is 30.4 Å². The summed E-state index contributed by atoms with van der Waals surface area (Å²) in [6, 6.07) is 0. The van der Waals surface area contributed by atoms with Gasteiger partial charge in [0, 0.05) is 25.9 Å². The normalized spacial score (nSPS) is 16.0. The van der Waals surface area contributed by atoms with Gasteiger partial charge in [0.05, 0.1) is 39.0 Å². The van der Waals surface area contributed by atoms with Crippen molar-refractivity contribution in [3.05, 3.63) is 171 Å². The lowest BCUT2D eigenvalue weighted by Crippen LogP contribution is -2.28. The number of phosphoric acid groups is 1. The second kappa shape index (κ2) is 79.6. The second-order valence-corrected chi connectivity index (χ2v) is 29.1. The maximum atomic E-state index is 12.6. The summed E-state index contributed by atoms with van der Waals surface area (Å²) >= 11 is 0. The molecule has 4 N–H and O–H groups in total. The van der Waals surface area contributed by atoms with Crippen LogP contribution in [0.4, 0.5) is 0 Å². The maximum Gasteiger partial charge on any atom is 0.472 e. The van der Waals surface area contributed by atoms with Gasteiger partial charge < -0.3 is 29.6 Å². The third-order valence-electron chi connectivity index (χ3n) is 16.1. The highest BCUT2D eigenvalue weighted by atomic mass is 31.2. The van der Waals surface area contributed by atoms with Crippen LogP contribution in [0.15, 0.2) is 171 Å². The van der Waals surface area contributed by atoms with Gasteiger partial charge in [0.2, 0.25) is 0 Å². The first-order valence-corrected chi connectivity index (χ1v) is 43.3. The van der Waals surface area contributed by atoms with E-state index in [9.17, 15) is 23.6 Å². The Hall–Kier alpha value is -4.92. The Morgan fingerprint density at radius 3 is 1.04 bits per heavy atom. The Morgan fingerprint density at radius 2 is 0.728 bits per heavy atom. The van der Waals surface area contributed by atoms with Crippen molar-refractivity contribution < 1.29 is 60.7 Å². The van der Waals surface area contributed by atoms with Crippen molar-refractivity contribution in [2.75, 3.05) is 52.7 Å². The van der Waals surface area contributed by atoms with Gasteiger partial charge in [-0.3, -0.25) is 27.7 Å². The van der Waals surface area contributed by atoms with Crippen LogP contribution >= 0.6 is 15.6 Å². The SMILES string of the molecule is CC/C=C\C/C=C\C/C=C\C/C=C\C/C=C\C/C=C\CCC(=O)OC(CO/C=C\CCCCCCCCCCCCCC)COP(=O)(O)OCCN.CC/C=C\C/C=C\C/C=C\C/C=C\C/C=C\C/C=C\CCC(=O)OC(CO/C=C\CCCCCCCCCCCCCC)COP1(=O)NCCO1. The van der Waals surface area contributed by atoms with Gasteiger partial charge >= 0.3 is 27.5 Å². The molecule has 103 heavy (non-hydrogen) atoms. The van der Waals surface area contributed by atoms with Gasteiger partial charge in [-0.2, -0.15) is 0 Å². The quantitative estimate of drug-likeness (QED) is 0.0171. The van der Waals surface area contributed by atoms with Gasteiger partial charge in [-0.05, 0) is 128 Å². The van der Waals surface area contributed by atoms with E-state index in [1.165, 1.54) is 141 Å². The molecule has 1 fully saturated rings. The molecule has 0 aromatic carbocycles. The van der Waals surface area contributed by atoms with Crippen LogP contribution in [0.1, 0.15) is 297 Å². The fourth-order valence-corrected chi connectivity index (χ4v) is 12.3. The lowest BCUT2D eigenvalue weighted by atomic mass is 10.0. The average molecular weight is 1480 g/mol. The van der Waals surface area contributed by atoms with Crippen LogP contribution in [0.3, 0.4) is 0 Å². The first-order chi connectivity index (χ1) is 50.5. The highest BCUT2D eigenvalue weighted by Crippen LogP contribution is 2.46. The summed E-state index contributed by atoms with van der Waals surface area (Å²) in [5.41, 5.74) is 5.35. The van der Waals surface area contributed by atoms with E-state index >= 15 is 0 Å². The molecule has 0 saturated carbocycles. The van der Waals surface area contributed by atoms with E-state index in [4.69, 9.17) is 42.8 Å². The van der Waals surface area contributed by atoms with E-state index in [0.717, 1.165) is 103 Å². The predicted molar refractivity (Wildman–Crippen MR) is 435 cm³/mol. The fourth-order valence-electron chi connectivity index (χ4n) is 10.2. The monoisotopic (exact) mass is 1480 g/mol. The number of phosphoric ester groups is 1. The van der Waals surface area contributed by atoms with Crippen LogP contribution in [0, 0.1) is 0 Å². The van der Waals surface area contributed by atoms with E-state index in [-0.39, 0.29) is 58.4 Å². The number of hydrogen-bond acceptors (Lipinski definition) is 13. The van der Waals surface area contributed by atoms with E-state index in [0.29, 0.717) is 26.0 Å². The van der Waals surface area contributed by atoms with Crippen molar-refractivity contribution in [1.29, 1.82) is 0 Å². The lowest BCUT2D eigenvalue weighted by molar-refractivity contribution is -0.153. The summed E-state index contributed by atoms with van der Waals surface area (Å²) in [6.07, 6.45) is 104. The molecule has 1 heterocycles. The number of esters is 2. The van der Waals surface area contributed by atoms with Crippen LogP contribution in [-0.2, 0) is 55.8 Å². The summed E-state index contributed by atoms with van der Waals surface area (Å²) in [5.74, 6) is -0.779. The van der Waals surface area contributed by atoms with Gasteiger partial charge in [0.25, 0.3) is 0 Å². The molecule has 4 unspecified atom stereocenters. The summed E-state index contributed by atoms with van der Waals surface area (Å²) in [5, 5.41) is 2.75. The molecule has 0 aromatic rings. The zero-order valence-electron chi connectivity index (χ0n) is 65.0. The Balaban J connectivity index is 0.00000202. The molecule has 588 valence electrons. The number of carbonyl (C=O) groups is 2. The Labute approximate surface area is 628 Å². The molecule has 0 aromatic heterocycles. The van der Waals surface area contributed by atoms with Crippen LogP contribution in [0.25, 0.3) is 0 Å². The van der Waals surface area contributed by atoms with Gasteiger partial charge in [0.1, 0.15) is 13.2 Å². The third-order valence-corrected chi connectivity index (χ3v) is 18.7. The number of ether oxygens (including phenoxy) is 4. The first-order valence-electron chi connectivity index (χ1n) is 40.2. The average Bonchev–Trinajstić information content (AvgIpc) is 1.81. The third kappa shape index (κ3) is 76.5. The molecular weight excluding hydrogens is 1330 g/mol. The smallest absolute Gasteiger partial charge is 0.472 e. The molecule has 15 nitrogen and oxygen atoms in total. The first kappa shape index (κ1) is 98.1. The van der Waals surface area contributed by atoms with Gasteiger partial charge in [-0.25, -0.2) is 14.2 Å². The van der Waals surface area contributed by atoms with Crippen molar-refractivity contribution in [3.8, 4) is 0 Å². The summed E-state index contributed by atoms with van der Waals surface area (Å²) in [6.45, 7) is 9.28.